The van der Waals surface area contributed by atoms with Crippen LogP contribution in [0.5, 0.6) is 0 Å². The van der Waals surface area contributed by atoms with Gasteiger partial charge in [0.15, 0.2) is 0 Å². The Kier molecular flexibility index (Phi) is 9.37. The standard InChI is InChI=1S/C27H34F3N3O3/c1-4-21-15-22(9-10-23(21)16-31-19(3)26(34)35)18(2)32-36-17-20-8-11-25(24(14-20)27(28,29)30)33-12-6-5-7-13-33/h8-11,14-15,19,31H,4-7,12-13,16-17H2,1-3H3,(H,34,35). The van der Waals surface area contributed by atoms with Crippen molar-refractivity contribution >= 4 is 17.4 Å². The molecule has 1 saturated heterocycles. The van der Waals surface area contributed by atoms with Gasteiger partial charge in [-0.05, 0) is 80.0 Å². The fraction of sp³-hybridized carbons (Fsp3) is 0.481. The first-order valence-corrected chi connectivity index (χ1v) is 12.3. The van der Waals surface area contributed by atoms with Crippen molar-refractivity contribution in [3.63, 3.8) is 0 Å². The molecule has 9 heteroatoms. The van der Waals surface area contributed by atoms with Crippen molar-refractivity contribution in [1.82, 2.24) is 5.32 Å². The Labute approximate surface area is 210 Å². The Balaban J connectivity index is 1.69. The van der Waals surface area contributed by atoms with E-state index >= 15 is 0 Å². The van der Waals surface area contributed by atoms with Crippen molar-refractivity contribution in [1.29, 1.82) is 0 Å². The number of benzene rings is 2. The Morgan fingerprint density at radius 2 is 1.86 bits per heavy atom. The number of aryl methyl sites for hydroxylation is 1. The SMILES string of the molecule is CCc1cc(C(C)=NOCc2ccc(N3CCCCC3)c(C(F)(F)F)c2)ccc1CNC(C)C(=O)O. The largest absolute Gasteiger partial charge is 0.480 e. The molecule has 196 valence electrons. The summed E-state index contributed by atoms with van der Waals surface area (Å²) in [6, 6.07) is 9.47. The van der Waals surface area contributed by atoms with Gasteiger partial charge in [-0.3, -0.25) is 4.79 Å². The number of carboxylic acids is 1. The normalized spacial score (nSPS) is 15.6. The van der Waals surface area contributed by atoms with Crippen LogP contribution in [0, 0.1) is 0 Å². The maximum Gasteiger partial charge on any atom is 0.418 e. The highest BCUT2D eigenvalue weighted by atomic mass is 19.4. The molecule has 1 fully saturated rings. The van der Waals surface area contributed by atoms with E-state index in [2.05, 4.69) is 10.5 Å². The molecule has 1 aliphatic heterocycles. The molecule has 1 unspecified atom stereocenters. The second kappa shape index (κ2) is 12.3. The van der Waals surface area contributed by atoms with Crippen LogP contribution in [0.25, 0.3) is 0 Å². The summed E-state index contributed by atoms with van der Waals surface area (Å²) in [7, 11) is 0. The van der Waals surface area contributed by atoms with E-state index in [0.29, 0.717) is 30.9 Å². The van der Waals surface area contributed by atoms with Gasteiger partial charge in [0.25, 0.3) is 0 Å². The van der Waals surface area contributed by atoms with Crippen LogP contribution in [-0.4, -0.2) is 35.9 Å². The third-order valence-corrected chi connectivity index (χ3v) is 6.47. The molecule has 2 aromatic carbocycles. The lowest BCUT2D eigenvalue weighted by atomic mass is 9.99. The summed E-state index contributed by atoms with van der Waals surface area (Å²) in [6.45, 7) is 7.01. The molecule has 1 atom stereocenters. The first kappa shape index (κ1) is 27.5. The van der Waals surface area contributed by atoms with Gasteiger partial charge < -0.3 is 20.2 Å². The lowest BCUT2D eigenvalue weighted by molar-refractivity contribution is -0.139. The van der Waals surface area contributed by atoms with Crippen LogP contribution in [0.2, 0.25) is 0 Å². The zero-order valence-corrected chi connectivity index (χ0v) is 21.0. The average molecular weight is 506 g/mol. The number of piperidine rings is 1. The van der Waals surface area contributed by atoms with Gasteiger partial charge in [0.05, 0.1) is 11.3 Å². The Bertz CT molecular complexity index is 1080. The van der Waals surface area contributed by atoms with Crippen LogP contribution in [0.15, 0.2) is 41.6 Å². The monoisotopic (exact) mass is 505 g/mol. The molecule has 0 bridgehead atoms. The molecule has 3 rings (SSSR count). The molecule has 1 heterocycles. The maximum absolute atomic E-state index is 13.8. The number of carboxylic acid groups (broad SMARTS) is 1. The van der Waals surface area contributed by atoms with Crippen LogP contribution in [-0.2, 0) is 35.4 Å². The molecule has 0 amide bonds. The zero-order chi connectivity index (χ0) is 26.3. The van der Waals surface area contributed by atoms with E-state index in [0.717, 1.165) is 48.4 Å². The van der Waals surface area contributed by atoms with Gasteiger partial charge in [-0.1, -0.05) is 30.3 Å². The number of hydrogen-bond donors (Lipinski definition) is 2. The molecule has 36 heavy (non-hydrogen) atoms. The van der Waals surface area contributed by atoms with Crippen LogP contribution >= 0.6 is 0 Å². The summed E-state index contributed by atoms with van der Waals surface area (Å²) in [6.07, 6.45) is -0.852. The van der Waals surface area contributed by atoms with E-state index < -0.39 is 23.8 Å². The second-order valence-corrected chi connectivity index (χ2v) is 9.12. The van der Waals surface area contributed by atoms with E-state index in [4.69, 9.17) is 9.94 Å². The minimum atomic E-state index is -4.45. The van der Waals surface area contributed by atoms with Crippen molar-refractivity contribution in [2.45, 2.75) is 71.8 Å². The molecular formula is C27H34F3N3O3. The third-order valence-electron chi connectivity index (χ3n) is 6.47. The van der Waals surface area contributed by atoms with Crippen LogP contribution in [0.1, 0.15) is 67.9 Å². The smallest absolute Gasteiger partial charge is 0.418 e. The minimum Gasteiger partial charge on any atom is -0.480 e. The number of aliphatic carboxylic acids is 1. The van der Waals surface area contributed by atoms with Gasteiger partial charge in [-0.2, -0.15) is 13.2 Å². The van der Waals surface area contributed by atoms with E-state index in [1.807, 2.05) is 30.0 Å². The van der Waals surface area contributed by atoms with Gasteiger partial charge in [-0.25, -0.2) is 0 Å². The first-order chi connectivity index (χ1) is 17.1. The zero-order valence-electron chi connectivity index (χ0n) is 21.0. The Morgan fingerprint density at radius 1 is 1.14 bits per heavy atom. The topological polar surface area (TPSA) is 74.2 Å². The highest BCUT2D eigenvalue weighted by Gasteiger charge is 2.35. The minimum absolute atomic E-state index is 0.0730. The van der Waals surface area contributed by atoms with Crippen LogP contribution in [0.4, 0.5) is 18.9 Å². The lowest BCUT2D eigenvalue weighted by Gasteiger charge is -2.31. The highest BCUT2D eigenvalue weighted by Crippen LogP contribution is 2.38. The number of rotatable bonds is 10. The molecule has 0 saturated carbocycles. The van der Waals surface area contributed by atoms with E-state index in [9.17, 15) is 18.0 Å². The number of nitrogens with zero attached hydrogens (tertiary/aromatic N) is 2. The van der Waals surface area contributed by atoms with Crippen molar-refractivity contribution in [3.8, 4) is 0 Å². The van der Waals surface area contributed by atoms with Crippen molar-refractivity contribution in [2.75, 3.05) is 18.0 Å². The van der Waals surface area contributed by atoms with Gasteiger partial charge in [0.1, 0.15) is 12.6 Å². The fourth-order valence-corrected chi connectivity index (χ4v) is 4.27. The van der Waals surface area contributed by atoms with Crippen molar-refractivity contribution in [2.24, 2.45) is 5.16 Å². The summed E-state index contributed by atoms with van der Waals surface area (Å²) in [5, 5.41) is 16.2. The molecular weight excluding hydrogens is 471 g/mol. The van der Waals surface area contributed by atoms with Crippen molar-refractivity contribution < 1.29 is 27.9 Å². The second-order valence-electron chi connectivity index (χ2n) is 9.12. The van der Waals surface area contributed by atoms with Gasteiger partial charge in [-0.15, -0.1) is 0 Å². The quantitative estimate of drug-likeness (QED) is 0.317. The Hall–Kier alpha value is -3.07. The first-order valence-electron chi connectivity index (χ1n) is 12.3. The van der Waals surface area contributed by atoms with Gasteiger partial charge in [0, 0.05) is 25.3 Å². The summed E-state index contributed by atoms with van der Waals surface area (Å²) >= 11 is 0. The number of alkyl halides is 3. The summed E-state index contributed by atoms with van der Waals surface area (Å²) in [5.74, 6) is -0.909. The molecule has 2 N–H and O–H groups in total. The molecule has 0 spiro atoms. The molecule has 1 aliphatic rings. The van der Waals surface area contributed by atoms with Crippen molar-refractivity contribution in [3.05, 3.63) is 64.2 Å². The maximum atomic E-state index is 13.8. The molecule has 0 aromatic heterocycles. The number of hydrogen-bond acceptors (Lipinski definition) is 5. The number of nitrogens with one attached hydrogen (secondary N) is 1. The highest BCUT2D eigenvalue weighted by molar-refractivity contribution is 5.98. The predicted octanol–water partition coefficient (Wildman–Crippen LogP) is 5.76. The molecule has 0 aliphatic carbocycles. The lowest BCUT2D eigenvalue weighted by Crippen LogP contribution is -2.33. The number of oxime groups is 1. The average Bonchev–Trinajstić information content (AvgIpc) is 2.86. The van der Waals surface area contributed by atoms with Gasteiger partial charge in [0.2, 0.25) is 0 Å². The third kappa shape index (κ3) is 7.22. The predicted molar refractivity (Wildman–Crippen MR) is 134 cm³/mol. The summed E-state index contributed by atoms with van der Waals surface area (Å²) in [4.78, 5) is 18.3. The van der Waals surface area contributed by atoms with E-state index in [1.165, 1.54) is 6.07 Å². The van der Waals surface area contributed by atoms with Crippen LogP contribution < -0.4 is 10.2 Å². The molecule has 0 radical (unpaired) electrons. The van der Waals surface area contributed by atoms with Crippen LogP contribution in [0.3, 0.4) is 0 Å². The Morgan fingerprint density at radius 3 is 2.50 bits per heavy atom. The van der Waals surface area contributed by atoms with E-state index in [1.54, 1.807) is 19.9 Å². The summed E-state index contributed by atoms with van der Waals surface area (Å²) in [5.41, 5.74) is 3.47. The van der Waals surface area contributed by atoms with Gasteiger partial charge >= 0.3 is 12.1 Å². The van der Waals surface area contributed by atoms with E-state index in [-0.39, 0.29) is 12.3 Å². The summed E-state index contributed by atoms with van der Waals surface area (Å²) < 4.78 is 41.3. The molecule has 6 nitrogen and oxygen atoms in total. The molecule has 2 aromatic rings. The fourth-order valence-electron chi connectivity index (χ4n) is 4.27. The number of carbonyl (C=O) groups is 1. The number of halogens is 3. The number of anilines is 1.